The fourth-order valence-electron chi connectivity index (χ4n) is 4.58. The number of piperidine rings is 1. The van der Waals surface area contributed by atoms with Gasteiger partial charge < -0.3 is 5.32 Å². The van der Waals surface area contributed by atoms with Crippen molar-refractivity contribution < 1.29 is 18.8 Å². The number of carbonyl (C=O) groups is 3. The summed E-state index contributed by atoms with van der Waals surface area (Å²) in [6.45, 7) is 5.92. The smallest absolute Gasteiger partial charge is 0.255 e. The second-order valence-corrected chi connectivity index (χ2v) is 8.60. The molecule has 0 aromatic heterocycles. The average molecular weight is 394 g/mol. The van der Waals surface area contributed by atoms with E-state index in [0.29, 0.717) is 24.1 Å². The summed E-state index contributed by atoms with van der Waals surface area (Å²) < 4.78 is 13.7. The molecule has 0 radical (unpaired) electrons. The number of hydrogen-bond acceptors (Lipinski definition) is 3. The maximum Gasteiger partial charge on any atom is 0.255 e. The van der Waals surface area contributed by atoms with Crippen molar-refractivity contribution >= 4 is 29.1 Å². The quantitative estimate of drug-likeness (QED) is 0.785. The molecule has 0 spiro atoms. The Labute approximate surface area is 168 Å². The molecule has 29 heavy (non-hydrogen) atoms. The number of hydrogen-bond donors (Lipinski definition) is 1. The van der Waals surface area contributed by atoms with Gasteiger partial charge in [-0.1, -0.05) is 32.9 Å². The Morgan fingerprint density at radius 1 is 1.07 bits per heavy atom. The van der Waals surface area contributed by atoms with E-state index in [0.717, 1.165) is 0 Å². The van der Waals surface area contributed by atoms with Gasteiger partial charge >= 0.3 is 0 Å². The number of anilines is 2. The third kappa shape index (κ3) is 2.77. The van der Waals surface area contributed by atoms with Crippen LogP contribution in [0.5, 0.6) is 0 Å². The van der Waals surface area contributed by atoms with Crippen LogP contribution in [0, 0.1) is 22.6 Å². The van der Waals surface area contributed by atoms with Gasteiger partial charge in [0, 0.05) is 11.5 Å². The Morgan fingerprint density at radius 2 is 1.72 bits per heavy atom. The first-order chi connectivity index (χ1) is 13.7. The molecule has 3 amide bonds. The monoisotopic (exact) mass is 394 g/mol. The molecule has 6 heteroatoms. The number of carbonyl (C=O) groups excluding carboxylic acids is 3. The number of fused-ring (bicyclic) bond motifs is 2. The number of benzene rings is 2. The van der Waals surface area contributed by atoms with Gasteiger partial charge in [-0.15, -0.1) is 0 Å². The summed E-state index contributed by atoms with van der Waals surface area (Å²) in [5, 5.41) is 2.52. The van der Waals surface area contributed by atoms with E-state index >= 15 is 0 Å². The van der Waals surface area contributed by atoms with Crippen LogP contribution in [-0.4, -0.2) is 17.7 Å². The number of amides is 3. The highest BCUT2D eigenvalue weighted by atomic mass is 19.1. The van der Waals surface area contributed by atoms with Crippen molar-refractivity contribution in [1.29, 1.82) is 0 Å². The normalized spacial score (nSPS) is 25.2. The van der Waals surface area contributed by atoms with Gasteiger partial charge in [-0.2, -0.15) is 0 Å². The topological polar surface area (TPSA) is 66.5 Å². The lowest BCUT2D eigenvalue weighted by atomic mass is 9.62. The molecular formula is C23H23FN2O3. The molecule has 1 heterocycles. The van der Waals surface area contributed by atoms with Crippen LogP contribution in [-0.2, 0) is 9.59 Å². The Kier molecular flexibility index (Phi) is 4.33. The summed E-state index contributed by atoms with van der Waals surface area (Å²) in [6.07, 6.45) is 1.39. The summed E-state index contributed by atoms with van der Waals surface area (Å²) in [4.78, 5) is 39.9. The zero-order chi connectivity index (χ0) is 21.0. The Balaban J connectivity index is 1.58. The van der Waals surface area contributed by atoms with Gasteiger partial charge in [0.2, 0.25) is 11.8 Å². The lowest BCUT2D eigenvalue weighted by Gasteiger charge is -2.47. The van der Waals surface area contributed by atoms with E-state index in [4.69, 9.17) is 0 Å². The third-order valence-electron chi connectivity index (χ3n) is 6.93. The number of nitrogens with one attached hydrogen (secondary N) is 1. The van der Waals surface area contributed by atoms with Gasteiger partial charge in [-0.3, -0.25) is 14.4 Å². The second kappa shape index (κ2) is 6.51. The summed E-state index contributed by atoms with van der Waals surface area (Å²) in [5.74, 6) is -1.56. The lowest BCUT2D eigenvalue weighted by Crippen LogP contribution is -2.59. The Bertz CT molecular complexity index is 1020. The molecule has 1 N–H and O–H groups in total. The molecular weight excluding hydrogens is 371 g/mol. The SMILES string of the molecule is CC1(C)[C@H]2CC[C@]1(C)C(=O)N(c1ccc(C(=O)Nc3ccccc3F)cc1)C2=O. The first kappa shape index (κ1) is 19.3. The van der Waals surface area contributed by atoms with Crippen molar-refractivity contribution in [2.45, 2.75) is 33.6 Å². The standard InChI is InChI=1S/C23H23FN2O3/c1-22(2)16-12-13-23(22,3)21(29)26(20(16)28)15-10-8-14(9-11-15)19(27)25-18-7-5-4-6-17(18)24/h4-11,16H,12-13H2,1-3H3,(H,25,27)/t16-,23+/m0/s1. The fraction of sp³-hybridized carbons (Fsp3) is 0.348. The van der Waals surface area contributed by atoms with Crippen molar-refractivity contribution in [3.63, 3.8) is 0 Å². The van der Waals surface area contributed by atoms with E-state index in [-0.39, 0.29) is 28.8 Å². The molecule has 1 aliphatic heterocycles. The van der Waals surface area contributed by atoms with E-state index in [9.17, 15) is 18.8 Å². The van der Waals surface area contributed by atoms with Gasteiger partial charge in [0.15, 0.2) is 0 Å². The molecule has 4 rings (SSSR count). The minimum absolute atomic E-state index is 0.0923. The highest BCUT2D eigenvalue weighted by Gasteiger charge is 2.64. The van der Waals surface area contributed by atoms with Crippen LogP contribution in [0.4, 0.5) is 15.8 Å². The molecule has 1 saturated carbocycles. The first-order valence-electron chi connectivity index (χ1n) is 9.71. The Hall–Kier alpha value is -3.02. The van der Waals surface area contributed by atoms with Crippen LogP contribution < -0.4 is 10.2 Å². The van der Waals surface area contributed by atoms with Crippen LogP contribution in [0.15, 0.2) is 48.5 Å². The average Bonchev–Trinajstić information content (AvgIpc) is 2.87. The minimum atomic E-state index is -0.591. The summed E-state index contributed by atoms with van der Waals surface area (Å²) >= 11 is 0. The van der Waals surface area contributed by atoms with Crippen molar-refractivity contribution in [2.75, 3.05) is 10.2 Å². The fourth-order valence-corrected chi connectivity index (χ4v) is 4.58. The van der Waals surface area contributed by atoms with Gasteiger partial charge in [-0.05, 0) is 54.7 Å². The number of imide groups is 1. The molecule has 0 unspecified atom stereocenters. The minimum Gasteiger partial charge on any atom is -0.319 e. The maximum absolute atomic E-state index is 13.7. The predicted octanol–water partition coefficient (Wildman–Crippen LogP) is 4.39. The van der Waals surface area contributed by atoms with Crippen LogP contribution in [0.1, 0.15) is 44.0 Å². The van der Waals surface area contributed by atoms with Crippen molar-refractivity contribution in [3.8, 4) is 0 Å². The van der Waals surface area contributed by atoms with Crippen molar-refractivity contribution in [1.82, 2.24) is 0 Å². The number of halogens is 1. The number of rotatable bonds is 3. The number of para-hydroxylation sites is 1. The molecule has 2 aliphatic rings. The van der Waals surface area contributed by atoms with Gasteiger partial charge in [0.25, 0.3) is 5.91 Å². The largest absolute Gasteiger partial charge is 0.319 e. The summed E-state index contributed by atoms with van der Waals surface area (Å²) in [5.41, 5.74) is -0.113. The van der Waals surface area contributed by atoms with E-state index in [1.165, 1.54) is 29.2 Å². The molecule has 2 fully saturated rings. The maximum atomic E-state index is 13.7. The second-order valence-electron chi connectivity index (χ2n) is 8.60. The van der Waals surface area contributed by atoms with Gasteiger partial charge in [-0.25, -0.2) is 9.29 Å². The predicted molar refractivity (Wildman–Crippen MR) is 108 cm³/mol. The van der Waals surface area contributed by atoms with E-state index in [1.807, 2.05) is 20.8 Å². The van der Waals surface area contributed by atoms with Crippen LogP contribution in [0.25, 0.3) is 0 Å². The van der Waals surface area contributed by atoms with Gasteiger partial charge in [0.1, 0.15) is 5.82 Å². The molecule has 1 saturated heterocycles. The van der Waals surface area contributed by atoms with Gasteiger partial charge in [0.05, 0.1) is 16.8 Å². The molecule has 2 aromatic carbocycles. The molecule has 2 bridgehead atoms. The van der Waals surface area contributed by atoms with E-state index < -0.39 is 17.1 Å². The van der Waals surface area contributed by atoms with Crippen molar-refractivity contribution in [2.24, 2.45) is 16.7 Å². The number of nitrogens with zero attached hydrogens (tertiary/aromatic N) is 1. The molecule has 5 nitrogen and oxygen atoms in total. The highest BCUT2D eigenvalue weighted by molar-refractivity contribution is 6.20. The van der Waals surface area contributed by atoms with Crippen LogP contribution in [0.2, 0.25) is 0 Å². The van der Waals surface area contributed by atoms with E-state index in [1.54, 1.807) is 24.3 Å². The van der Waals surface area contributed by atoms with Crippen LogP contribution in [0.3, 0.4) is 0 Å². The molecule has 2 aromatic rings. The molecule has 150 valence electrons. The van der Waals surface area contributed by atoms with E-state index in [2.05, 4.69) is 5.32 Å². The van der Waals surface area contributed by atoms with Crippen LogP contribution >= 0.6 is 0 Å². The van der Waals surface area contributed by atoms with Crippen molar-refractivity contribution in [3.05, 3.63) is 59.9 Å². The summed E-state index contributed by atoms with van der Waals surface area (Å²) in [7, 11) is 0. The third-order valence-corrected chi connectivity index (χ3v) is 6.93. The molecule has 2 atom stereocenters. The first-order valence-corrected chi connectivity index (χ1v) is 9.71. The Morgan fingerprint density at radius 3 is 2.38 bits per heavy atom. The highest BCUT2D eigenvalue weighted by Crippen LogP contribution is 2.60. The zero-order valence-corrected chi connectivity index (χ0v) is 16.7. The summed E-state index contributed by atoms with van der Waals surface area (Å²) in [6, 6.07) is 12.2. The zero-order valence-electron chi connectivity index (χ0n) is 16.7. The molecule has 1 aliphatic carbocycles. The lowest BCUT2D eigenvalue weighted by molar-refractivity contribution is -0.146.